The van der Waals surface area contributed by atoms with Crippen molar-refractivity contribution in [1.29, 1.82) is 0 Å². The van der Waals surface area contributed by atoms with Gasteiger partial charge in [-0.05, 0) is 23.8 Å². The van der Waals surface area contributed by atoms with E-state index in [1.165, 1.54) is 0 Å². The molecule has 0 saturated heterocycles. The standard InChI is InChI=1S/C13H10ClNO2/c1-17-13-4-5-15-7-11(13)9-2-3-10(8-16)12(14)6-9/h2-8H,1H3. The van der Waals surface area contributed by atoms with Crippen LogP contribution >= 0.6 is 11.6 Å². The summed E-state index contributed by atoms with van der Waals surface area (Å²) in [6.07, 6.45) is 4.08. The molecule has 0 N–H and O–H groups in total. The van der Waals surface area contributed by atoms with Crippen molar-refractivity contribution >= 4 is 17.9 Å². The number of carbonyl (C=O) groups is 1. The second-order valence-electron chi connectivity index (χ2n) is 3.43. The Labute approximate surface area is 104 Å². The Morgan fingerprint density at radius 2 is 2.18 bits per heavy atom. The Morgan fingerprint density at radius 1 is 1.35 bits per heavy atom. The molecule has 86 valence electrons. The van der Waals surface area contributed by atoms with E-state index in [0.29, 0.717) is 10.6 Å². The lowest BCUT2D eigenvalue weighted by Crippen LogP contribution is -1.90. The number of aldehydes is 1. The first kappa shape index (κ1) is 11.6. The van der Waals surface area contributed by atoms with Gasteiger partial charge >= 0.3 is 0 Å². The van der Waals surface area contributed by atoms with Gasteiger partial charge in [0.2, 0.25) is 0 Å². The van der Waals surface area contributed by atoms with Gasteiger partial charge in [0.25, 0.3) is 0 Å². The van der Waals surface area contributed by atoms with E-state index >= 15 is 0 Å². The van der Waals surface area contributed by atoms with E-state index in [1.807, 2.05) is 6.07 Å². The number of aromatic nitrogens is 1. The fourth-order valence-corrected chi connectivity index (χ4v) is 1.79. The van der Waals surface area contributed by atoms with Gasteiger partial charge in [0.05, 0.1) is 12.1 Å². The number of hydrogen-bond acceptors (Lipinski definition) is 3. The molecule has 0 unspecified atom stereocenters. The molecule has 0 aliphatic rings. The zero-order valence-corrected chi connectivity index (χ0v) is 9.94. The lowest BCUT2D eigenvalue weighted by molar-refractivity contribution is 0.112. The zero-order chi connectivity index (χ0) is 12.3. The molecule has 0 bridgehead atoms. The van der Waals surface area contributed by atoms with Crippen LogP contribution in [0.5, 0.6) is 5.75 Å². The molecule has 0 aliphatic carbocycles. The van der Waals surface area contributed by atoms with Crippen molar-refractivity contribution in [2.24, 2.45) is 0 Å². The normalized spacial score (nSPS) is 10.0. The summed E-state index contributed by atoms with van der Waals surface area (Å²) in [6, 6.07) is 6.99. The molecule has 0 radical (unpaired) electrons. The average molecular weight is 248 g/mol. The van der Waals surface area contributed by atoms with E-state index in [-0.39, 0.29) is 0 Å². The first-order chi connectivity index (χ1) is 8.26. The van der Waals surface area contributed by atoms with Gasteiger partial charge in [0, 0.05) is 23.5 Å². The number of nitrogens with zero attached hydrogens (tertiary/aromatic N) is 1. The quantitative estimate of drug-likeness (QED) is 0.782. The van der Waals surface area contributed by atoms with Crippen molar-refractivity contribution in [3.8, 4) is 16.9 Å². The maximum Gasteiger partial charge on any atom is 0.151 e. The summed E-state index contributed by atoms with van der Waals surface area (Å²) < 4.78 is 5.24. The molecule has 2 aromatic rings. The Kier molecular flexibility index (Phi) is 3.40. The predicted octanol–water partition coefficient (Wildman–Crippen LogP) is 3.22. The highest BCUT2D eigenvalue weighted by Gasteiger charge is 2.07. The molecule has 1 aromatic carbocycles. The van der Waals surface area contributed by atoms with Crippen LogP contribution in [0.25, 0.3) is 11.1 Å². The first-order valence-electron chi connectivity index (χ1n) is 4.99. The molecule has 0 fully saturated rings. The molecule has 2 rings (SSSR count). The van der Waals surface area contributed by atoms with Crippen molar-refractivity contribution in [2.45, 2.75) is 0 Å². The monoisotopic (exact) mass is 247 g/mol. The minimum Gasteiger partial charge on any atom is -0.496 e. The van der Waals surface area contributed by atoms with E-state index in [1.54, 1.807) is 37.7 Å². The van der Waals surface area contributed by atoms with Gasteiger partial charge in [-0.1, -0.05) is 17.7 Å². The van der Waals surface area contributed by atoms with Crippen molar-refractivity contribution < 1.29 is 9.53 Å². The molecule has 4 heteroatoms. The summed E-state index contributed by atoms with van der Waals surface area (Å²) in [5, 5.41) is 0.420. The molecule has 0 atom stereocenters. The molecule has 3 nitrogen and oxygen atoms in total. The Balaban J connectivity index is 2.53. The van der Waals surface area contributed by atoms with E-state index in [2.05, 4.69) is 4.98 Å². The first-order valence-corrected chi connectivity index (χ1v) is 5.37. The smallest absolute Gasteiger partial charge is 0.151 e. The second kappa shape index (κ2) is 4.97. The Morgan fingerprint density at radius 3 is 2.82 bits per heavy atom. The van der Waals surface area contributed by atoms with Gasteiger partial charge in [-0.2, -0.15) is 0 Å². The maximum absolute atomic E-state index is 10.7. The van der Waals surface area contributed by atoms with Crippen LogP contribution in [0.3, 0.4) is 0 Å². The van der Waals surface area contributed by atoms with Gasteiger partial charge < -0.3 is 4.74 Å². The largest absolute Gasteiger partial charge is 0.496 e. The van der Waals surface area contributed by atoms with Crippen LogP contribution in [0.4, 0.5) is 0 Å². The summed E-state index contributed by atoms with van der Waals surface area (Å²) >= 11 is 5.98. The second-order valence-corrected chi connectivity index (χ2v) is 3.84. The van der Waals surface area contributed by atoms with E-state index in [9.17, 15) is 4.79 Å². The number of hydrogen-bond donors (Lipinski definition) is 0. The molecular weight excluding hydrogens is 238 g/mol. The number of halogens is 1. The van der Waals surface area contributed by atoms with Gasteiger partial charge in [-0.15, -0.1) is 0 Å². The third kappa shape index (κ3) is 2.29. The van der Waals surface area contributed by atoms with Crippen molar-refractivity contribution in [3.63, 3.8) is 0 Å². The molecule has 0 aliphatic heterocycles. The molecule has 1 aromatic heterocycles. The minimum atomic E-state index is 0.420. The number of ether oxygens (including phenoxy) is 1. The molecule has 1 heterocycles. The third-order valence-electron chi connectivity index (χ3n) is 2.44. The molecule has 0 saturated carbocycles. The average Bonchev–Trinajstić information content (AvgIpc) is 2.38. The third-order valence-corrected chi connectivity index (χ3v) is 2.77. The SMILES string of the molecule is COc1ccncc1-c1ccc(C=O)c(Cl)c1. The van der Waals surface area contributed by atoms with Crippen LogP contribution in [0.15, 0.2) is 36.7 Å². The Bertz CT molecular complexity index is 555. The van der Waals surface area contributed by atoms with Crippen LogP contribution in [0, 0.1) is 0 Å². The zero-order valence-electron chi connectivity index (χ0n) is 9.18. The van der Waals surface area contributed by atoms with Gasteiger partial charge in [-0.3, -0.25) is 9.78 Å². The van der Waals surface area contributed by atoms with Crippen molar-refractivity contribution in [3.05, 3.63) is 47.2 Å². The summed E-state index contributed by atoms with van der Waals surface area (Å²) in [5.74, 6) is 0.718. The molecule has 0 amide bonds. The number of carbonyl (C=O) groups excluding carboxylic acids is 1. The molecular formula is C13H10ClNO2. The maximum atomic E-state index is 10.7. The van der Waals surface area contributed by atoms with Gasteiger partial charge in [-0.25, -0.2) is 0 Å². The number of pyridine rings is 1. The lowest BCUT2D eigenvalue weighted by Gasteiger charge is -2.08. The van der Waals surface area contributed by atoms with Crippen LogP contribution in [0.2, 0.25) is 5.02 Å². The highest BCUT2D eigenvalue weighted by molar-refractivity contribution is 6.33. The van der Waals surface area contributed by atoms with Gasteiger partial charge in [0.15, 0.2) is 6.29 Å². The summed E-state index contributed by atoms with van der Waals surface area (Å²) in [5.41, 5.74) is 2.18. The highest BCUT2D eigenvalue weighted by atomic mass is 35.5. The van der Waals surface area contributed by atoms with Crippen LogP contribution in [-0.4, -0.2) is 18.4 Å². The molecule has 17 heavy (non-hydrogen) atoms. The van der Waals surface area contributed by atoms with E-state index in [4.69, 9.17) is 16.3 Å². The van der Waals surface area contributed by atoms with E-state index < -0.39 is 0 Å². The summed E-state index contributed by atoms with van der Waals surface area (Å²) in [6.45, 7) is 0. The number of methoxy groups -OCH3 is 1. The predicted molar refractivity (Wildman–Crippen MR) is 66.6 cm³/mol. The fourth-order valence-electron chi connectivity index (χ4n) is 1.57. The number of benzene rings is 1. The fraction of sp³-hybridized carbons (Fsp3) is 0.0769. The van der Waals surface area contributed by atoms with Crippen molar-refractivity contribution in [1.82, 2.24) is 4.98 Å². The number of rotatable bonds is 3. The summed E-state index contributed by atoms with van der Waals surface area (Å²) in [4.78, 5) is 14.7. The van der Waals surface area contributed by atoms with E-state index in [0.717, 1.165) is 23.2 Å². The van der Waals surface area contributed by atoms with Crippen LogP contribution in [-0.2, 0) is 0 Å². The lowest BCUT2D eigenvalue weighted by atomic mass is 10.1. The molecule has 0 spiro atoms. The summed E-state index contributed by atoms with van der Waals surface area (Å²) in [7, 11) is 1.60. The van der Waals surface area contributed by atoms with Crippen molar-refractivity contribution in [2.75, 3.05) is 7.11 Å². The minimum absolute atomic E-state index is 0.420. The Hall–Kier alpha value is -1.87. The van der Waals surface area contributed by atoms with Crippen LogP contribution in [0.1, 0.15) is 10.4 Å². The topological polar surface area (TPSA) is 39.2 Å². The highest BCUT2D eigenvalue weighted by Crippen LogP contribution is 2.31. The van der Waals surface area contributed by atoms with Gasteiger partial charge in [0.1, 0.15) is 5.75 Å². The van der Waals surface area contributed by atoms with Crippen LogP contribution < -0.4 is 4.74 Å².